The number of fused-ring (bicyclic) bond motifs is 2. The van der Waals surface area contributed by atoms with Crippen LogP contribution in [0.3, 0.4) is 0 Å². The molecule has 190 valence electrons. The normalized spacial score (nSPS) is 49.2. The summed E-state index contributed by atoms with van der Waals surface area (Å²) in [5, 5.41) is 12.3. The van der Waals surface area contributed by atoms with Crippen molar-refractivity contribution in [2.24, 2.45) is 22.7 Å². The van der Waals surface area contributed by atoms with Crippen molar-refractivity contribution in [3.05, 3.63) is 23.3 Å². The van der Waals surface area contributed by atoms with Gasteiger partial charge in [-0.25, -0.2) is 0 Å². The Kier molecular flexibility index (Phi) is 3.66. The van der Waals surface area contributed by atoms with Crippen LogP contribution in [0.15, 0.2) is 12.1 Å². The Labute approximate surface area is 209 Å². The third kappa shape index (κ3) is 2.05. The summed E-state index contributed by atoms with van der Waals surface area (Å²) < 4.78 is 19.6. The molecule has 1 aromatic rings. The van der Waals surface area contributed by atoms with Crippen molar-refractivity contribution in [2.45, 2.75) is 107 Å². The Bertz CT molecular complexity index is 1150. The van der Waals surface area contributed by atoms with E-state index in [1.165, 1.54) is 43.4 Å². The molecule has 0 radical (unpaired) electrons. The maximum atomic E-state index is 12.3. The summed E-state index contributed by atoms with van der Waals surface area (Å²) in [6, 6.07) is 5.06. The molecule has 5 saturated carbocycles. The van der Waals surface area contributed by atoms with E-state index in [1.807, 2.05) is 7.11 Å². The van der Waals surface area contributed by atoms with Gasteiger partial charge in [-0.1, -0.05) is 26.8 Å². The van der Waals surface area contributed by atoms with Gasteiger partial charge in [-0.3, -0.25) is 4.90 Å². The number of rotatable bonds is 5. The maximum Gasteiger partial charge on any atom is 0.165 e. The molecule has 35 heavy (non-hydrogen) atoms. The van der Waals surface area contributed by atoms with Crippen molar-refractivity contribution >= 4 is 0 Å². The minimum Gasteiger partial charge on any atom is -0.493 e. The highest BCUT2D eigenvalue weighted by Crippen LogP contribution is 2.86. The average Bonchev–Trinajstić information content (AvgIpc) is 3.68. The second kappa shape index (κ2) is 5.89. The van der Waals surface area contributed by atoms with Gasteiger partial charge >= 0.3 is 0 Å². The van der Waals surface area contributed by atoms with E-state index in [9.17, 15) is 5.11 Å². The van der Waals surface area contributed by atoms with Crippen LogP contribution in [0.1, 0.15) is 77.3 Å². The number of hydrogen-bond donors (Lipinski definition) is 1. The molecule has 5 nitrogen and oxygen atoms in total. The van der Waals surface area contributed by atoms with Gasteiger partial charge in [-0.05, 0) is 74.8 Å². The van der Waals surface area contributed by atoms with E-state index in [0.717, 1.165) is 36.7 Å². The summed E-state index contributed by atoms with van der Waals surface area (Å²) in [4.78, 5) is 2.92. The minimum atomic E-state index is -0.872. The fraction of sp³-hybridized carbons (Fsp3) is 0.800. The molecule has 9 atom stereocenters. The molecule has 1 N–H and O–H groups in total. The molecule has 6 fully saturated rings. The monoisotopic (exact) mass is 479 g/mol. The van der Waals surface area contributed by atoms with Crippen LogP contribution in [-0.2, 0) is 16.6 Å². The van der Waals surface area contributed by atoms with Gasteiger partial charge in [0.15, 0.2) is 11.5 Å². The molecule has 4 bridgehead atoms. The first-order valence-electron chi connectivity index (χ1n) is 13.9. The number of nitrogens with zero attached hydrogens (tertiary/aromatic N) is 1. The maximum absolute atomic E-state index is 12.3. The zero-order valence-electron chi connectivity index (χ0n) is 22.2. The molecular weight excluding hydrogens is 438 g/mol. The van der Waals surface area contributed by atoms with Crippen molar-refractivity contribution in [1.82, 2.24) is 4.90 Å². The van der Waals surface area contributed by atoms with Gasteiger partial charge in [0.05, 0.1) is 12.7 Å². The summed E-state index contributed by atoms with van der Waals surface area (Å²) in [5.74, 6) is 2.75. The molecule has 1 saturated heterocycles. The third-order valence-corrected chi connectivity index (χ3v) is 12.7. The van der Waals surface area contributed by atoms with Crippen LogP contribution in [0.5, 0.6) is 11.5 Å². The average molecular weight is 480 g/mol. The first-order chi connectivity index (χ1) is 16.5. The Balaban J connectivity index is 1.38. The van der Waals surface area contributed by atoms with E-state index < -0.39 is 11.2 Å². The molecule has 9 rings (SSSR count). The number of benzene rings is 1. The van der Waals surface area contributed by atoms with Crippen LogP contribution in [0.25, 0.3) is 0 Å². The smallest absolute Gasteiger partial charge is 0.165 e. The lowest BCUT2D eigenvalue weighted by Gasteiger charge is -2.69. The molecule has 3 spiro atoms. The fourth-order valence-corrected chi connectivity index (χ4v) is 10.6. The van der Waals surface area contributed by atoms with Crippen molar-refractivity contribution in [2.75, 3.05) is 20.8 Å². The number of aliphatic hydroxyl groups is 1. The lowest BCUT2D eigenvalue weighted by molar-refractivity contribution is -0.290. The Morgan fingerprint density at radius 2 is 1.91 bits per heavy atom. The van der Waals surface area contributed by atoms with Crippen LogP contribution < -0.4 is 9.47 Å². The predicted octanol–water partition coefficient (Wildman–Crippen LogP) is 4.47. The third-order valence-electron chi connectivity index (χ3n) is 12.7. The molecule has 6 aliphatic carbocycles. The first-order valence-corrected chi connectivity index (χ1v) is 13.9. The van der Waals surface area contributed by atoms with E-state index in [0.29, 0.717) is 6.04 Å². The van der Waals surface area contributed by atoms with E-state index >= 15 is 0 Å². The second-order valence-corrected chi connectivity index (χ2v) is 14.5. The number of hydrogen-bond acceptors (Lipinski definition) is 5. The molecular formula is C30H41NO4. The molecule has 1 aromatic carbocycles. The van der Waals surface area contributed by atoms with Gasteiger partial charge in [0.1, 0.15) is 11.7 Å². The SMILES string of the molecule is COc1ccc2c3c1OC1C4(OC)CCC5(CC4C(C)(O)C(C)(C)C)C4[N@](CC6CC6)[C@]4(C2)C[C@]315. The van der Waals surface area contributed by atoms with E-state index in [4.69, 9.17) is 14.2 Å². The van der Waals surface area contributed by atoms with Crippen molar-refractivity contribution < 1.29 is 19.3 Å². The highest BCUT2D eigenvalue weighted by Gasteiger charge is 2.92. The van der Waals surface area contributed by atoms with Gasteiger partial charge in [0, 0.05) is 47.5 Å². The topological polar surface area (TPSA) is 50.9 Å². The lowest BCUT2D eigenvalue weighted by atomic mass is 9.38. The Morgan fingerprint density at radius 3 is 2.57 bits per heavy atom. The molecule has 8 aliphatic rings. The molecule has 0 aromatic heterocycles. The molecule has 2 heterocycles. The summed E-state index contributed by atoms with van der Waals surface area (Å²) in [6.45, 7) is 9.89. The van der Waals surface area contributed by atoms with Gasteiger partial charge in [-0.15, -0.1) is 0 Å². The molecule has 6 unspecified atom stereocenters. The highest BCUT2D eigenvalue weighted by molar-refractivity contribution is 5.67. The van der Waals surface area contributed by atoms with Gasteiger partial charge in [-0.2, -0.15) is 0 Å². The largest absolute Gasteiger partial charge is 0.493 e. The molecule has 2 aliphatic heterocycles. The zero-order valence-corrected chi connectivity index (χ0v) is 22.2. The number of likely N-dealkylation sites (tertiary alicyclic amines) is 1. The van der Waals surface area contributed by atoms with Crippen LogP contribution in [-0.4, -0.2) is 59.7 Å². The van der Waals surface area contributed by atoms with Crippen LogP contribution in [0.2, 0.25) is 0 Å². The van der Waals surface area contributed by atoms with Crippen molar-refractivity contribution in [3.63, 3.8) is 0 Å². The molecule has 5 heteroatoms. The second-order valence-electron chi connectivity index (χ2n) is 14.5. The number of ether oxygens (including phenoxy) is 3. The van der Waals surface area contributed by atoms with Crippen LogP contribution in [0, 0.1) is 22.7 Å². The zero-order chi connectivity index (χ0) is 24.4. The summed E-state index contributed by atoms with van der Waals surface area (Å²) in [7, 11) is 3.64. The van der Waals surface area contributed by atoms with Gasteiger partial charge in [0.2, 0.25) is 0 Å². The first kappa shape index (κ1) is 21.8. The van der Waals surface area contributed by atoms with Gasteiger partial charge < -0.3 is 19.3 Å². The van der Waals surface area contributed by atoms with Crippen molar-refractivity contribution in [3.8, 4) is 11.5 Å². The van der Waals surface area contributed by atoms with Crippen LogP contribution in [0.4, 0.5) is 0 Å². The predicted molar refractivity (Wildman–Crippen MR) is 133 cm³/mol. The summed E-state index contributed by atoms with van der Waals surface area (Å²) in [6.07, 6.45) is 8.20. The van der Waals surface area contributed by atoms with Crippen molar-refractivity contribution in [1.29, 1.82) is 0 Å². The van der Waals surface area contributed by atoms with Gasteiger partial charge in [0.25, 0.3) is 0 Å². The number of methoxy groups -OCH3 is 2. The minimum absolute atomic E-state index is 0.0212. The lowest BCUT2D eigenvalue weighted by Crippen LogP contribution is -2.78. The highest BCUT2D eigenvalue weighted by atomic mass is 16.6. The molecule has 0 amide bonds. The summed E-state index contributed by atoms with van der Waals surface area (Å²) in [5.41, 5.74) is 1.64. The fourth-order valence-electron chi connectivity index (χ4n) is 10.6. The van der Waals surface area contributed by atoms with E-state index in [2.05, 4.69) is 44.7 Å². The standard InChI is InChI=1S/C30H41NO4/c1-25(2,3)26(4,32)20-14-27-11-12-30(20,34-6)24-29(27)16-28(23(27)31(28)15-17-7-8-17)13-18-9-10-19(33-5)22(35-24)21(18)29/h9-10,17,20,23-24,32H,7-8,11-16H2,1-6H3/t20?,23?,24?,26?,27?,28-,29+,30?,31+/m1/s1. The van der Waals surface area contributed by atoms with Crippen LogP contribution >= 0.6 is 0 Å². The Hall–Kier alpha value is -1.30. The van der Waals surface area contributed by atoms with E-state index in [-0.39, 0.29) is 33.8 Å². The Morgan fingerprint density at radius 1 is 1.14 bits per heavy atom. The summed E-state index contributed by atoms with van der Waals surface area (Å²) >= 11 is 0. The number of piperidine rings is 1. The van der Waals surface area contributed by atoms with E-state index in [1.54, 1.807) is 7.11 Å². The quantitative estimate of drug-likeness (QED) is 0.632.